The van der Waals surface area contributed by atoms with Gasteiger partial charge in [-0.25, -0.2) is 0 Å². The monoisotopic (exact) mass is 239 g/mol. The van der Waals surface area contributed by atoms with Gasteiger partial charge in [-0.2, -0.15) is 5.26 Å². The number of benzene rings is 1. The quantitative estimate of drug-likeness (QED) is 0.594. The van der Waals surface area contributed by atoms with Gasteiger partial charge in [0, 0.05) is 14.5 Å². The number of hydrogen-bond donors (Lipinski definition) is 1. The van der Waals surface area contributed by atoms with Crippen molar-refractivity contribution in [2.45, 2.75) is 10.8 Å². The highest BCUT2D eigenvalue weighted by Gasteiger charge is 2.05. The maximum atomic E-state index is 8.78. The Hall–Kier alpha value is -0.690. The first-order chi connectivity index (χ1) is 6.74. The third-order valence-corrected chi connectivity index (χ3v) is 4.04. The van der Waals surface area contributed by atoms with Crippen LogP contribution in [-0.2, 0) is 5.88 Å². The Balaban J connectivity index is 2.75. The fourth-order valence-electron chi connectivity index (χ4n) is 1.32. The minimum Gasteiger partial charge on any atom is -0.192 e. The van der Waals surface area contributed by atoms with E-state index in [1.54, 1.807) is 17.4 Å². The Labute approximate surface area is 96.3 Å². The largest absolute Gasteiger partial charge is 0.192 e. The molecule has 0 saturated carbocycles. The van der Waals surface area contributed by atoms with Gasteiger partial charge in [-0.1, -0.05) is 0 Å². The fourth-order valence-corrected chi connectivity index (χ4v) is 2.87. The van der Waals surface area contributed by atoms with Crippen LogP contribution in [0.25, 0.3) is 10.1 Å². The molecule has 1 aromatic carbocycles. The molecule has 0 N–H and O–H groups in total. The minimum atomic E-state index is 0.508. The van der Waals surface area contributed by atoms with E-state index >= 15 is 0 Å². The van der Waals surface area contributed by atoms with E-state index in [0.29, 0.717) is 11.4 Å². The van der Waals surface area contributed by atoms with Crippen molar-refractivity contribution in [1.29, 1.82) is 5.26 Å². The zero-order valence-electron chi connectivity index (χ0n) is 7.12. The summed E-state index contributed by atoms with van der Waals surface area (Å²) >= 11 is 11.7. The van der Waals surface area contributed by atoms with E-state index in [1.807, 2.05) is 12.1 Å². The molecule has 0 aliphatic rings. The average Bonchev–Trinajstić information content (AvgIpc) is 2.61. The molecule has 0 amide bonds. The van der Waals surface area contributed by atoms with Crippen LogP contribution in [-0.4, -0.2) is 0 Å². The van der Waals surface area contributed by atoms with Crippen molar-refractivity contribution in [2.75, 3.05) is 0 Å². The second-order valence-corrected chi connectivity index (χ2v) is 4.76. The van der Waals surface area contributed by atoms with Gasteiger partial charge < -0.3 is 0 Å². The zero-order valence-corrected chi connectivity index (χ0v) is 9.59. The van der Waals surface area contributed by atoms with Gasteiger partial charge in [0.2, 0.25) is 0 Å². The molecule has 2 aromatic rings. The second kappa shape index (κ2) is 3.82. The lowest BCUT2D eigenvalue weighted by molar-refractivity contribution is 1.47. The van der Waals surface area contributed by atoms with Gasteiger partial charge >= 0.3 is 0 Å². The Morgan fingerprint density at radius 3 is 2.86 bits per heavy atom. The highest BCUT2D eigenvalue weighted by Crippen LogP contribution is 2.32. The Morgan fingerprint density at radius 1 is 1.43 bits per heavy atom. The summed E-state index contributed by atoms with van der Waals surface area (Å²) < 4.78 is 1.10. The molecular formula is C10H6ClNS2. The summed E-state index contributed by atoms with van der Waals surface area (Å²) in [4.78, 5) is 1.95. The number of nitrogens with zero attached hydrogens (tertiary/aromatic N) is 1. The Morgan fingerprint density at radius 2 is 2.21 bits per heavy atom. The van der Waals surface area contributed by atoms with E-state index in [0.717, 1.165) is 19.9 Å². The molecule has 70 valence electrons. The molecule has 0 aliphatic carbocycles. The molecule has 14 heavy (non-hydrogen) atoms. The average molecular weight is 240 g/mol. The van der Waals surface area contributed by atoms with Gasteiger partial charge in [-0.15, -0.1) is 35.6 Å². The van der Waals surface area contributed by atoms with Crippen LogP contribution in [0.3, 0.4) is 0 Å². The molecule has 0 aliphatic heterocycles. The molecular weight excluding hydrogens is 234 g/mol. The SMILES string of the molecule is N#Cc1cc(S)c2sc(CCl)cc2c1. The summed E-state index contributed by atoms with van der Waals surface area (Å²) in [5.41, 5.74) is 0.640. The number of thiophene rings is 1. The van der Waals surface area contributed by atoms with E-state index in [4.69, 9.17) is 16.9 Å². The summed E-state index contributed by atoms with van der Waals surface area (Å²) in [6.07, 6.45) is 0. The van der Waals surface area contributed by atoms with Crippen molar-refractivity contribution in [3.63, 3.8) is 0 Å². The molecule has 0 fully saturated rings. The van der Waals surface area contributed by atoms with Gasteiger partial charge in [-0.05, 0) is 23.6 Å². The number of hydrogen-bond acceptors (Lipinski definition) is 3. The third kappa shape index (κ3) is 1.61. The highest BCUT2D eigenvalue weighted by atomic mass is 35.5. The molecule has 1 heterocycles. The summed E-state index contributed by atoms with van der Waals surface area (Å²) in [5, 5.41) is 9.83. The maximum absolute atomic E-state index is 8.78. The molecule has 1 aromatic heterocycles. The van der Waals surface area contributed by atoms with Crippen molar-refractivity contribution < 1.29 is 0 Å². The van der Waals surface area contributed by atoms with Gasteiger partial charge in [0.15, 0.2) is 0 Å². The first kappa shape index (κ1) is 9.85. The Bertz CT molecular complexity index is 525. The predicted molar refractivity (Wildman–Crippen MR) is 63.3 cm³/mol. The van der Waals surface area contributed by atoms with Gasteiger partial charge in [0.25, 0.3) is 0 Å². The maximum Gasteiger partial charge on any atom is 0.0992 e. The van der Waals surface area contributed by atoms with Crippen LogP contribution < -0.4 is 0 Å². The number of rotatable bonds is 1. The van der Waals surface area contributed by atoms with Crippen LogP contribution in [0, 0.1) is 11.3 Å². The molecule has 2 rings (SSSR count). The number of alkyl halides is 1. The van der Waals surface area contributed by atoms with Crippen LogP contribution in [0.15, 0.2) is 23.1 Å². The van der Waals surface area contributed by atoms with Crippen LogP contribution >= 0.6 is 35.6 Å². The number of fused-ring (bicyclic) bond motifs is 1. The number of halogens is 1. The van der Waals surface area contributed by atoms with E-state index in [2.05, 4.69) is 18.7 Å². The molecule has 0 radical (unpaired) electrons. The first-order valence-corrected chi connectivity index (χ1v) is 5.76. The van der Waals surface area contributed by atoms with Crippen molar-refractivity contribution in [2.24, 2.45) is 0 Å². The van der Waals surface area contributed by atoms with Gasteiger partial charge in [0.1, 0.15) is 0 Å². The molecule has 0 spiro atoms. The second-order valence-electron chi connectivity index (χ2n) is 2.87. The summed E-state index contributed by atoms with van der Waals surface area (Å²) in [5.74, 6) is 0.508. The summed E-state index contributed by atoms with van der Waals surface area (Å²) in [6, 6.07) is 7.76. The topological polar surface area (TPSA) is 23.8 Å². The van der Waals surface area contributed by atoms with E-state index in [-0.39, 0.29) is 0 Å². The minimum absolute atomic E-state index is 0.508. The number of thiol groups is 1. The summed E-state index contributed by atoms with van der Waals surface area (Å²) in [7, 11) is 0. The zero-order chi connectivity index (χ0) is 10.1. The van der Waals surface area contributed by atoms with Crippen LogP contribution in [0.4, 0.5) is 0 Å². The van der Waals surface area contributed by atoms with Crippen molar-refractivity contribution in [3.05, 3.63) is 28.6 Å². The molecule has 1 nitrogen and oxygen atoms in total. The molecule has 4 heteroatoms. The lowest BCUT2D eigenvalue weighted by Crippen LogP contribution is -1.74. The molecule has 0 bridgehead atoms. The normalized spacial score (nSPS) is 10.4. The van der Waals surface area contributed by atoms with Crippen molar-refractivity contribution >= 4 is 45.7 Å². The summed E-state index contributed by atoms with van der Waals surface area (Å²) in [6.45, 7) is 0. The molecule has 0 atom stereocenters. The van der Waals surface area contributed by atoms with E-state index in [9.17, 15) is 0 Å². The first-order valence-electron chi connectivity index (χ1n) is 3.96. The van der Waals surface area contributed by atoms with E-state index in [1.165, 1.54) is 0 Å². The fraction of sp³-hybridized carbons (Fsp3) is 0.100. The van der Waals surface area contributed by atoms with Crippen LogP contribution in [0.2, 0.25) is 0 Å². The standard InChI is InChI=1S/C10H6ClNS2/c11-4-8-3-7-1-6(5-12)2-9(13)10(7)14-8/h1-3,13H,4H2. The van der Waals surface area contributed by atoms with Crippen molar-refractivity contribution in [3.8, 4) is 6.07 Å². The van der Waals surface area contributed by atoms with Crippen LogP contribution in [0.1, 0.15) is 10.4 Å². The number of nitriles is 1. The van der Waals surface area contributed by atoms with Crippen LogP contribution in [0.5, 0.6) is 0 Å². The van der Waals surface area contributed by atoms with Gasteiger partial charge in [-0.3, -0.25) is 0 Å². The van der Waals surface area contributed by atoms with Crippen molar-refractivity contribution in [1.82, 2.24) is 0 Å². The van der Waals surface area contributed by atoms with Gasteiger partial charge in [0.05, 0.1) is 17.5 Å². The predicted octanol–water partition coefficient (Wildman–Crippen LogP) is 3.80. The smallest absolute Gasteiger partial charge is 0.0992 e. The Kier molecular flexibility index (Phi) is 2.69. The lowest BCUT2D eigenvalue weighted by Gasteiger charge is -1.94. The molecule has 0 saturated heterocycles. The third-order valence-electron chi connectivity index (χ3n) is 1.91. The highest BCUT2D eigenvalue weighted by molar-refractivity contribution is 7.80. The van der Waals surface area contributed by atoms with E-state index < -0.39 is 0 Å². The molecule has 0 unspecified atom stereocenters. The lowest BCUT2D eigenvalue weighted by atomic mass is 10.2.